The maximum Gasteiger partial charge on any atom is 0.251 e. The monoisotopic (exact) mass is 290 g/mol. The van der Waals surface area contributed by atoms with Crippen LogP contribution >= 0.6 is 0 Å². The summed E-state index contributed by atoms with van der Waals surface area (Å²) >= 11 is 0. The molecule has 1 atom stereocenters. The van der Waals surface area contributed by atoms with E-state index in [1.54, 1.807) is 24.3 Å². The molecule has 1 saturated heterocycles. The Labute approximate surface area is 122 Å². The van der Waals surface area contributed by atoms with Gasteiger partial charge in [-0.1, -0.05) is 6.07 Å². The molecule has 112 valence electrons. The molecular formula is C14H18N4O3. The molecule has 1 aromatic rings. The number of nitrogens with one attached hydrogen (secondary N) is 3. The fourth-order valence-corrected chi connectivity index (χ4v) is 2.15. The van der Waals surface area contributed by atoms with Crippen LogP contribution in [0.15, 0.2) is 24.3 Å². The summed E-state index contributed by atoms with van der Waals surface area (Å²) in [5.74, 6) is -1.13. The van der Waals surface area contributed by atoms with E-state index in [0.717, 1.165) is 19.4 Å². The van der Waals surface area contributed by atoms with Crippen molar-refractivity contribution in [1.82, 2.24) is 10.6 Å². The summed E-state index contributed by atoms with van der Waals surface area (Å²) in [6, 6.07) is 6.34. The molecule has 21 heavy (non-hydrogen) atoms. The van der Waals surface area contributed by atoms with E-state index in [0.29, 0.717) is 11.3 Å². The SMILES string of the molecule is NC(=O)CNC(=O)c1cccc(NC(=O)C2CCCN2)c1. The summed E-state index contributed by atoms with van der Waals surface area (Å²) < 4.78 is 0. The van der Waals surface area contributed by atoms with E-state index in [4.69, 9.17) is 5.73 Å². The lowest BCUT2D eigenvalue weighted by Gasteiger charge is -2.12. The topological polar surface area (TPSA) is 113 Å². The van der Waals surface area contributed by atoms with Crippen molar-refractivity contribution < 1.29 is 14.4 Å². The summed E-state index contributed by atoms with van der Waals surface area (Å²) in [5.41, 5.74) is 5.86. The van der Waals surface area contributed by atoms with Gasteiger partial charge in [-0.2, -0.15) is 0 Å². The van der Waals surface area contributed by atoms with Gasteiger partial charge >= 0.3 is 0 Å². The molecule has 7 heteroatoms. The van der Waals surface area contributed by atoms with Crippen LogP contribution in [0.5, 0.6) is 0 Å². The zero-order valence-electron chi connectivity index (χ0n) is 11.5. The minimum Gasteiger partial charge on any atom is -0.368 e. The lowest BCUT2D eigenvalue weighted by molar-refractivity contribution is -0.118. The van der Waals surface area contributed by atoms with Gasteiger partial charge in [0.1, 0.15) is 0 Å². The standard InChI is InChI=1S/C14H18N4O3/c15-12(19)8-17-13(20)9-3-1-4-10(7-9)18-14(21)11-5-2-6-16-11/h1,3-4,7,11,16H,2,5-6,8H2,(H2,15,19)(H,17,20)(H,18,21). The van der Waals surface area contributed by atoms with Gasteiger partial charge in [0.2, 0.25) is 11.8 Å². The average molecular weight is 290 g/mol. The van der Waals surface area contributed by atoms with Crippen LogP contribution < -0.4 is 21.7 Å². The Morgan fingerprint density at radius 2 is 2.14 bits per heavy atom. The van der Waals surface area contributed by atoms with Crippen molar-refractivity contribution in [3.8, 4) is 0 Å². The largest absolute Gasteiger partial charge is 0.368 e. The van der Waals surface area contributed by atoms with Crippen molar-refractivity contribution in [2.45, 2.75) is 18.9 Å². The molecule has 1 aliphatic heterocycles. The third kappa shape index (κ3) is 4.28. The molecule has 0 aliphatic carbocycles. The minimum absolute atomic E-state index is 0.109. The molecule has 1 aliphatic rings. The van der Waals surface area contributed by atoms with Gasteiger partial charge in [0.15, 0.2) is 0 Å². The first kappa shape index (κ1) is 15.0. The number of carbonyl (C=O) groups is 3. The molecule has 0 spiro atoms. The van der Waals surface area contributed by atoms with Crippen LogP contribution in [0.25, 0.3) is 0 Å². The first-order chi connectivity index (χ1) is 10.1. The zero-order valence-corrected chi connectivity index (χ0v) is 11.5. The number of benzene rings is 1. The number of hydrogen-bond donors (Lipinski definition) is 4. The number of nitrogens with two attached hydrogens (primary N) is 1. The Bertz CT molecular complexity index is 553. The highest BCUT2D eigenvalue weighted by molar-refractivity contribution is 5.99. The second-order valence-electron chi connectivity index (χ2n) is 4.87. The second kappa shape index (κ2) is 6.85. The van der Waals surface area contributed by atoms with Gasteiger partial charge in [0.25, 0.3) is 5.91 Å². The number of carbonyl (C=O) groups excluding carboxylic acids is 3. The molecule has 5 N–H and O–H groups in total. The highest BCUT2D eigenvalue weighted by Gasteiger charge is 2.22. The Morgan fingerprint density at radius 3 is 2.81 bits per heavy atom. The van der Waals surface area contributed by atoms with Crippen molar-refractivity contribution in [2.24, 2.45) is 5.73 Å². The molecule has 0 bridgehead atoms. The van der Waals surface area contributed by atoms with Crippen molar-refractivity contribution in [2.75, 3.05) is 18.4 Å². The number of hydrogen-bond acceptors (Lipinski definition) is 4. The highest BCUT2D eigenvalue weighted by atomic mass is 16.2. The lowest BCUT2D eigenvalue weighted by atomic mass is 10.1. The number of amides is 3. The van der Waals surface area contributed by atoms with Crippen LogP contribution in [0.4, 0.5) is 5.69 Å². The molecule has 7 nitrogen and oxygen atoms in total. The van der Waals surface area contributed by atoms with E-state index < -0.39 is 11.8 Å². The van der Waals surface area contributed by atoms with Crippen molar-refractivity contribution in [3.63, 3.8) is 0 Å². The van der Waals surface area contributed by atoms with Crippen molar-refractivity contribution in [1.29, 1.82) is 0 Å². The predicted octanol–water partition coefficient (Wildman–Crippen LogP) is -0.408. The van der Waals surface area contributed by atoms with E-state index in [1.807, 2.05) is 0 Å². The summed E-state index contributed by atoms with van der Waals surface area (Å²) in [7, 11) is 0. The van der Waals surface area contributed by atoms with Crippen molar-refractivity contribution >= 4 is 23.4 Å². The Hall–Kier alpha value is -2.41. The average Bonchev–Trinajstić information content (AvgIpc) is 2.99. The van der Waals surface area contributed by atoms with Crippen LogP contribution in [0.3, 0.4) is 0 Å². The first-order valence-electron chi connectivity index (χ1n) is 6.77. The van der Waals surface area contributed by atoms with E-state index in [1.165, 1.54) is 0 Å². The molecule has 1 aromatic carbocycles. The minimum atomic E-state index is -0.611. The van der Waals surface area contributed by atoms with Gasteiger partial charge < -0.3 is 21.7 Å². The quantitative estimate of drug-likeness (QED) is 0.590. The molecule has 0 radical (unpaired) electrons. The molecular weight excluding hydrogens is 272 g/mol. The Balaban J connectivity index is 1.98. The van der Waals surface area contributed by atoms with Gasteiger partial charge in [-0.15, -0.1) is 0 Å². The van der Waals surface area contributed by atoms with Crippen LogP contribution in [0, 0.1) is 0 Å². The van der Waals surface area contributed by atoms with Gasteiger partial charge in [0.05, 0.1) is 12.6 Å². The Morgan fingerprint density at radius 1 is 1.33 bits per heavy atom. The number of primary amides is 1. The van der Waals surface area contributed by atoms with E-state index in [9.17, 15) is 14.4 Å². The summed E-state index contributed by atoms with van der Waals surface area (Å²) in [4.78, 5) is 34.4. The van der Waals surface area contributed by atoms with Crippen LogP contribution in [-0.2, 0) is 9.59 Å². The molecule has 2 rings (SSSR count). The molecule has 0 aromatic heterocycles. The van der Waals surface area contributed by atoms with Gasteiger partial charge in [-0.3, -0.25) is 14.4 Å². The third-order valence-corrected chi connectivity index (χ3v) is 3.19. The lowest BCUT2D eigenvalue weighted by Crippen LogP contribution is -2.35. The van der Waals surface area contributed by atoms with Crippen LogP contribution in [0.2, 0.25) is 0 Å². The molecule has 0 saturated carbocycles. The normalized spacial score (nSPS) is 17.2. The van der Waals surface area contributed by atoms with Gasteiger partial charge in [-0.25, -0.2) is 0 Å². The number of rotatable bonds is 5. The Kier molecular flexibility index (Phi) is 4.89. The third-order valence-electron chi connectivity index (χ3n) is 3.19. The smallest absolute Gasteiger partial charge is 0.251 e. The summed E-state index contributed by atoms with van der Waals surface area (Å²) in [6.45, 7) is 0.620. The maximum atomic E-state index is 12.0. The maximum absolute atomic E-state index is 12.0. The predicted molar refractivity (Wildman–Crippen MR) is 77.6 cm³/mol. The van der Waals surface area contributed by atoms with Gasteiger partial charge in [-0.05, 0) is 37.6 Å². The van der Waals surface area contributed by atoms with Crippen LogP contribution in [-0.4, -0.2) is 36.9 Å². The van der Waals surface area contributed by atoms with E-state index in [-0.39, 0.29) is 18.5 Å². The van der Waals surface area contributed by atoms with Crippen LogP contribution in [0.1, 0.15) is 23.2 Å². The van der Waals surface area contributed by atoms with E-state index in [2.05, 4.69) is 16.0 Å². The zero-order chi connectivity index (χ0) is 15.2. The number of anilines is 1. The fourth-order valence-electron chi connectivity index (χ4n) is 2.15. The fraction of sp³-hybridized carbons (Fsp3) is 0.357. The highest BCUT2D eigenvalue weighted by Crippen LogP contribution is 2.13. The molecule has 1 fully saturated rings. The van der Waals surface area contributed by atoms with E-state index >= 15 is 0 Å². The first-order valence-corrected chi connectivity index (χ1v) is 6.77. The molecule has 1 heterocycles. The van der Waals surface area contributed by atoms with Gasteiger partial charge in [0, 0.05) is 11.3 Å². The second-order valence-corrected chi connectivity index (χ2v) is 4.87. The van der Waals surface area contributed by atoms with Crippen molar-refractivity contribution in [3.05, 3.63) is 29.8 Å². The molecule has 1 unspecified atom stereocenters. The summed E-state index contributed by atoms with van der Waals surface area (Å²) in [5, 5.41) is 8.27. The summed E-state index contributed by atoms with van der Waals surface area (Å²) in [6.07, 6.45) is 1.79. The molecule has 3 amide bonds.